The molecule has 0 radical (unpaired) electrons. The lowest BCUT2D eigenvalue weighted by molar-refractivity contribution is 0.191. The molecule has 0 rings (SSSR count). The molecule has 0 saturated heterocycles. The molecule has 0 aliphatic carbocycles. The summed E-state index contributed by atoms with van der Waals surface area (Å²) in [5, 5.41) is 3.39. The van der Waals surface area contributed by atoms with Crippen molar-refractivity contribution in [1.82, 2.24) is 10.2 Å². The van der Waals surface area contributed by atoms with E-state index in [4.69, 9.17) is 4.74 Å². The Hall–Kier alpha value is -0.120. The Morgan fingerprint density at radius 1 is 1.06 bits per heavy atom. The highest BCUT2D eigenvalue weighted by atomic mass is 16.5. The topological polar surface area (TPSA) is 24.5 Å². The average molecular weight is 244 g/mol. The van der Waals surface area contributed by atoms with Crippen LogP contribution in [0.2, 0.25) is 0 Å². The van der Waals surface area contributed by atoms with E-state index >= 15 is 0 Å². The third-order valence-electron chi connectivity index (χ3n) is 2.86. The smallest absolute Gasteiger partial charge is 0.0587 e. The Bertz CT molecular complexity index is 160. The molecule has 0 amide bonds. The van der Waals surface area contributed by atoms with Crippen molar-refractivity contribution in [3.63, 3.8) is 0 Å². The maximum Gasteiger partial charge on any atom is 0.0587 e. The van der Waals surface area contributed by atoms with Gasteiger partial charge in [0.25, 0.3) is 0 Å². The molecule has 104 valence electrons. The fourth-order valence-electron chi connectivity index (χ4n) is 1.89. The van der Waals surface area contributed by atoms with E-state index in [-0.39, 0.29) is 0 Å². The summed E-state index contributed by atoms with van der Waals surface area (Å²) >= 11 is 0. The van der Waals surface area contributed by atoms with Gasteiger partial charge < -0.3 is 15.0 Å². The number of unbranched alkanes of at least 4 members (excludes halogenated alkanes) is 1. The molecular weight excluding hydrogens is 212 g/mol. The van der Waals surface area contributed by atoms with Crippen LogP contribution in [0.1, 0.15) is 40.5 Å². The second-order valence-electron chi connectivity index (χ2n) is 5.43. The zero-order chi connectivity index (χ0) is 13.1. The quantitative estimate of drug-likeness (QED) is 0.565. The Morgan fingerprint density at radius 2 is 1.76 bits per heavy atom. The van der Waals surface area contributed by atoms with Crippen LogP contribution < -0.4 is 5.32 Å². The van der Waals surface area contributed by atoms with Crippen LogP contribution in [0, 0.1) is 5.92 Å². The molecule has 0 fully saturated rings. The second kappa shape index (κ2) is 11.0. The zero-order valence-electron chi connectivity index (χ0n) is 12.5. The SMILES string of the molecule is COCCNCCCCN(CC(C)C)C(C)C. The van der Waals surface area contributed by atoms with Gasteiger partial charge in [0.05, 0.1) is 6.61 Å². The van der Waals surface area contributed by atoms with Gasteiger partial charge in [0.2, 0.25) is 0 Å². The van der Waals surface area contributed by atoms with Crippen molar-refractivity contribution in [2.75, 3.05) is 39.9 Å². The number of nitrogens with zero attached hydrogens (tertiary/aromatic N) is 1. The first kappa shape index (κ1) is 16.9. The van der Waals surface area contributed by atoms with Crippen molar-refractivity contribution < 1.29 is 4.74 Å². The number of ether oxygens (including phenoxy) is 1. The third-order valence-corrected chi connectivity index (χ3v) is 2.86. The first-order valence-electron chi connectivity index (χ1n) is 7.01. The van der Waals surface area contributed by atoms with E-state index in [0.29, 0.717) is 6.04 Å². The standard InChI is InChI=1S/C14H32N2O/c1-13(2)12-16(14(3)4)10-7-6-8-15-9-11-17-5/h13-15H,6-12H2,1-5H3. The summed E-state index contributed by atoms with van der Waals surface area (Å²) in [6.07, 6.45) is 2.54. The van der Waals surface area contributed by atoms with Crippen molar-refractivity contribution in [3.8, 4) is 0 Å². The van der Waals surface area contributed by atoms with E-state index in [1.54, 1.807) is 7.11 Å². The van der Waals surface area contributed by atoms with Gasteiger partial charge >= 0.3 is 0 Å². The number of nitrogens with one attached hydrogen (secondary N) is 1. The van der Waals surface area contributed by atoms with Crippen LogP contribution in [0.4, 0.5) is 0 Å². The minimum atomic E-state index is 0.666. The Kier molecular flexibility index (Phi) is 10.9. The summed E-state index contributed by atoms with van der Waals surface area (Å²) in [6, 6.07) is 0.666. The molecule has 0 saturated carbocycles. The highest BCUT2D eigenvalue weighted by Gasteiger charge is 2.10. The molecule has 0 aliphatic heterocycles. The Morgan fingerprint density at radius 3 is 2.29 bits per heavy atom. The molecule has 0 aromatic carbocycles. The molecule has 0 bridgehead atoms. The van der Waals surface area contributed by atoms with Gasteiger partial charge in [-0.2, -0.15) is 0 Å². The predicted octanol–water partition coefficient (Wildman–Crippen LogP) is 2.37. The normalized spacial score (nSPS) is 12.0. The fraction of sp³-hybridized carbons (Fsp3) is 1.00. The third kappa shape index (κ3) is 10.7. The zero-order valence-corrected chi connectivity index (χ0v) is 12.5. The largest absolute Gasteiger partial charge is 0.383 e. The lowest BCUT2D eigenvalue weighted by atomic mass is 10.1. The summed E-state index contributed by atoms with van der Waals surface area (Å²) in [4.78, 5) is 2.58. The van der Waals surface area contributed by atoms with E-state index in [9.17, 15) is 0 Å². The first-order chi connectivity index (χ1) is 8.07. The number of methoxy groups -OCH3 is 1. The minimum Gasteiger partial charge on any atom is -0.383 e. The van der Waals surface area contributed by atoms with E-state index < -0.39 is 0 Å². The lowest BCUT2D eigenvalue weighted by Gasteiger charge is -2.28. The molecule has 0 atom stereocenters. The van der Waals surface area contributed by atoms with Crippen LogP contribution in [-0.4, -0.2) is 50.8 Å². The summed E-state index contributed by atoms with van der Waals surface area (Å²) in [5.41, 5.74) is 0. The number of hydrogen-bond donors (Lipinski definition) is 1. The van der Waals surface area contributed by atoms with Crippen molar-refractivity contribution in [3.05, 3.63) is 0 Å². The van der Waals surface area contributed by atoms with E-state index in [2.05, 4.69) is 37.9 Å². The van der Waals surface area contributed by atoms with Crippen LogP contribution in [0.3, 0.4) is 0 Å². The molecule has 1 N–H and O–H groups in total. The lowest BCUT2D eigenvalue weighted by Crippen LogP contribution is -2.35. The fourth-order valence-corrected chi connectivity index (χ4v) is 1.89. The molecule has 3 heteroatoms. The van der Waals surface area contributed by atoms with Crippen molar-refractivity contribution >= 4 is 0 Å². The van der Waals surface area contributed by atoms with E-state index in [0.717, 1.165) is 25.6 Å². The molecule has 0 aliphatic rings. The monoisotopic (exact) mass is 244 g/mol. The van der Waals surface area contributed by atoms with Crippen LogP contribution in [0.15, 0.2) is 0 Å². The number of rotatable bonds is 11. The highest BCUT2D eigenvalue weighted by molar-refractivity contribution is 4.65. The van der Waals surface area contributed by atoms with Crippen LogP contribution in [0.25, 0.3) is 0 Å². The van der Waals surface area contributed by atoms with Gasteiger partial charge in [-0.25, -0.2) is 0 Å². The van der Waals surface area contributed by atoms with E-state index in [1.165, 1.54) is 25.9 Å². The summed E-state index contributed by atoms with van der Waals surface area (Å²) < 4.78 is 4.99. The summed E-state index contributed by atoms with van der Waals surface area (Å²) in [5.74, 6) is 0.761. The van der Waals surface area contributed by atoms with Crippen molar-refractivity contribution in [2.24, 2.45) is 5.92 Å². The molecule has 0 spiro atoms. The minimum absolute atomic E-state index is 0.666. The summed E-state index contributed by atoms with van der Waals surface area (Å²) in [6.45, 7) is 14.5. The maximum absolute atomic E-state index is 4.99. The average Bonchev–Trinajstić information content (AvgIpc) is 2.25. The Balaban J connectivity index is 3.48. The molecule has 3 nitrogen and oxygen atoms in total. The van der Waals surface area contributed by atoms with Gasteiger partial charge in [0.15, 0.2) is 0 Å². The molecule has 0 aromatic heterocycles. The van der Waals surface area contributed by atoms with Gasteiger partial charge in [-0.3, -0.25) is 0 Å². The van der Waals surface area contributed by atoms with Crippen LogP contribution in [-0.2, 0) is 4.74 Å². The highest BCUT2D eigenvalue weighted by Crippen LogP contribution is 2.05. The van der Waals surface area contributed by atoms with E-state index in [1.807, 2.05) is 0 Å². The van der Waals surface area contributed by atoms with Crippen molar-refractivity contribution in [2.45, 2.75) is 46.6 Å². The van der Waals surface area contributed by atoms with Crippen LogP contribution >= 0.6 is 0 Å². The summed E-state index contributed by atoms with van der Waals surface area (Å²) in [7, 11) is 1.74. The molecule has 0 aromatic rings. The predicted molar refractivity (Wildman–Crippen MR) is 75.5 cm³/mol. The molecule has 0 heterocycles. The van der Waals surface area contributed by atoms with Crippen molar-refractivity contribution in [1.29, 1.82) is 0 Å². The van der Waals surface area contributed by atoms with Gasteiger partial charge in [-0.15, -0.1) is 0 Å². The molecule has 17 heavy (non-hydrogen) atoms. The van der Waals surface area contributed by atoms with Gasteiger partial charge in [-0.05, 0) is 45.7 Å². The number of hydrogen-bond acceptors (Lipinski definition) is 3. The first-order valence-corrected chi connectivity index (χ1v) is 7.01. The maximum atomic E-state index is 4.99. The van der Waals surface area contributed by atoms with Gasteiger partial charge in [0.1, 0.15) is 0 Å². The Labute approximate surface area is 108 Å². The van der Waals surface area contributed by atoms with Gasteiger partial charge in [-0.1, -0.05) is 13.8 Å². The van der Waals surface area contributed by atoms with Gasteiger partial charge in [0, 0.05) is 26.2 Å². The molecular formula is C14H32N2O. The van der Waals surface area contributed by atoms with Crippen LogP contribution in [0.5, 0.6) is 0 Å². The molecule has 0 unspecified atom stereocenters. The second-order valence-corrected chi connectivity index (χ2v) is 5.43.